The van der Waals surface area contributed by atoms with E-state index in [9.17, 15) is 4.79 Å². The number of amides is 1. The van der Waals surface area contributed by atoms with Gasteiger partial charge in [-0.05, 0) is 19.8 Å². The Morgan fingerprint density at radius 3 is 2.80 bits per heavy atom. The number of hydrogen-bond donors (Lipinski definition) is 3. The van der Waals surface area contributed by atoms with Crippen molar-refractivity contribution < 1.29 is 4.79 Å². The fraction of sp³-hybridized carbons (Fsp3) is 0.500. The highest BCUT2D eigenvalue weighted by atomic mass is 16.2. The van der Waals surface area contributed by atoms with Gasteiger partial charge in [0.25, 0.3) is 5.91 Å². The largest absolute Gasteiger partial charge is 0.355 e. The van der Waals surface area contributed by atoms with Crippen LogP contribution in [0, 0.1) is 6.92 Å². The summed E-state index contributed by atoms with van der Waals surface area (Å²) in [5.74, 6) is 1.04. The Hall–Kier alpha value is -2.38. The molecule has 0 radical (unpaired) electrons. The second kappa shape index (κ2) is 5.32. The number of H-pyrrole nitrogens is 2. The summed E-state index contributed by atoms with van der Waals surface area (Å²) in [7, 11) is 0. The monoisotopic (exact) mass is 275 g/mol. The van der Waals surface area contributed by atoms with Crippen molar-refractivity contribution in [2.75, 3.05) is 18.0 Å². The van der Waals surface area contributed by atoms with E-state index in [1.54, 1.807) is 0 Å². The molecule has 20 heavy (non-hydrogen) atoms. The summed E-state index contributed by atoms with van der Waals surface area (Å²) in [6.45, 7) is 3.75. The fourth-order valence-electron chi connectivity index (χ4n) is 2.39. The van der Waals surface area contributed by atoms with Crippen molar-refractivity contribution in [2.45, 2.75) is 25.8 Å². The van der Waals surface area contributed by atoms with Crippen molar-refractivity contribution >= 4 is 11.7 Å². The molecule has 0 aliphatic carbocycles. The molecule has 106 valence electrons. The maximum atomic E-state index is 11.9. The summed E-state index contributed by atoms with van der Waals surface area (Å²) in [5, 5.41) is 16.4. The molecule has 1 amide bonds. The van der Waals surface area contributed by atoms with Crippen LogP contribution in [-0.2, 0) is 0 Å². The lowest BCUT2D eigenvalue weighted by atomic mass is 10.1. The zero-order chi connectivity index (χ0) is 13.9. The lowest BCUT2D eigenvalue weighted by Crippen LogP contribution is -2.45. The minimum Gasteiger partial charge on any atom is -0.355 e. The summed E-state index contributed by atoms with van der Waals surface area (Å²) in [6.07, 6.45) is 3.12. The Balaban J connectivity index is 1.52. The fourth-order valence-corrected chi connectivity index (χ4v) is 2.39. The Bertz CT molecular complexity index is 568. The van der Waals surface area contributed by atoms with Crippen molar-refractivity contribution in [2.24, 2.45) is 0 Å². The molecular formula is C12H17N7O. The summed E-state index contributed by atoms with van der Waals surface area (Å²) < 4.78 is 0. The summed E-state index contributed by atoms with van der Waals surface area (Å²) in [4.78, 5) is 17.9. The number of nitrogens with one attached hydrogen (secondary N) is 3. The van der Waals surface area contributed by atoms with Crippen LogP contribution in [0.2, 0.25) is 0 Å². The lowest BCUT2D eigenvalue weighted by molar-refractivity contribution is 0.0921. The van der Waals surface area contributed by atoms with Gasteiger partial charge in [0.15, 0.2) is 5.82 Å². The van der Waals surface area contributed by atoms with E-state index in [4.69, 9.17) is 0 Å². The number of anilines is 1. The zero-order valence-electron chi connectivity index (χ0n) is 11.3. The predicted molar refractivity (Wildman–Crippen MR) is 72.4 cm³/mol. The Morgan fingerprint density at radius 2 is 2.20 bits per heavy atom. The van der Waals surface area contributed by atoms with Gasteiger partial charge in [0.1, 0.15) is 6.33 Å². The quantitative estimate of drug-likeness (QED) is 0.744. The Labute approximate surface area is 116 Å². The first-order chi connectivity index (χ1) is 9.72. The van der Waals surface area contributed by atoms with E-state index in [0.29, 0.717) is 0 Å². The minimum absolute atomic E-state index is 0.170. The second-order valence-corrected chi connectivity index (χ2v) is 4.98. The topological polar surface area (TPSA) is 103 Å². The molecule has 1 fully saturated rings. The van der Waals surface area contributed by atoms with Gasteiger partial charge in [-0.2, -0.15) is 10.2 Å². The molecule has 8 nitrogen and oxygen atoms in total. The molecule has 0 saturated carbocycles. The molecule has 3 rings (SSSR count). The van der Waals surface area contributed by atoms with Crippen LogP contribution in [0.5, 0.6) is 0 Å². The highest BCUT2D eigenvalue weighted by Gasteiger charge is 2.23. The highest BCUT2D eigenvalue weighted by Crippen LogP contribution is 2.18. The standard InChI is InChI=1S/C12H17N7O/c1-8-6-10(17-16-8)19-4-2-9(3-5-19)15-12(20)11-13-7-14-18-11/h6-7,9H,2-5H2,1H3,(H,15,20)(H,16,17)(H,13,14,18). The van der Waals surface area contributed by atoms with Gasteiger partial charge in [-0.25, -0.2) is 4.98 Å². The molecule has 0 atom stereocenters. The molecule has 2 aromatic heterocycles. The van der Waals surface area contributed by atoms with Crippen LogP contribution < -0.4 is 10.2 Å². The molecule has 1 saturated heterocycles. The zero-order valence-corrected chi connectivity index (χ0v) is 11.3. The number of aromatic amines is 2. The van der Waals surface area contributed by atoms with E-state index in [0.717, 1.165) is 37.4 Å². The van der Waals surface area contributed by atoms with E-state index in [-0.39, 0.29) is 17.8 Å². The van der Waals surface area contributed by atoms with Crippen LogP contribution in [0.15, 0.2) is 12.4 Å². The SMILES string of the molecule is Cc1cc(N2CCC(NC(=O)c3ncn[nH]3)CC2)n[nH]1. The lowest BCUT2D eigenvalue weighted by Gasteiger charge is -2.32. The van der Waals surface area contributed by atoms with Crippen molar-refractivity contribution in [1.82, 2.24) is 30.7 Å². The first-order valence-corrected chi connectivity index (χ1v) is 6.65. The van der Waals surface area contributed by atoms with Gasteiger partial charge in [0.05, 0.1) is 0 Å². The summed E-state index contributed by atoms with van der Waals surface area (Å²) >= 11 is 0. The number of carbonyl (C=O) groups excluding carboxylic acids is 1. The second-order valence-electron chi connectivity index (χ2n) is 4.98. The molecule has 0 bridgehead atoms. The van der Waals surface area contributed by atoms with Crippen LogP contribution in [-0.4, -0.2) is 50.4 Å². The molecule has 2 aromatic rings. The van der Waals surface area contributed by atoms with Gasteiger partial charge < -0.3 is 10.2 Å². The van der Waals surface area contributed by atoms with Crippen LogP contribution in [0.25, 0.3) is 0 Å². The van der Waals surface area contributed by atoms with Crippen molar-refractivity contribution in [3.63, 3.8) is 0 Å². The number of aryl methyl sites for hydroxylation is 1. The summed E-state index contributed by atoms with van der Waals surface area (Å²) in [6, 6.07) is 2.21. The van der Waals surface area contributed by atoms with Gasteiger partial charge in [-0.1, -0.05) is 0 Å². The maximum absolute atomic E-state index is 11.9. The summed E-state index contributed by atoms with van der Waals surface area (Å²) in [5.41, 5.74) is 1.06. The molecule has 0 aromatic carbocycles. The average molecular weight is 275 g/mol. The van der Waals surface area contributed by atoms with Crippen LogP contribution in [0.4, 0.5) is 5.82 Å². The number of rotatable bonds is 3. The number of carbonyl (C=O) groups is 1. The van der Waals surface area contributed by atoms with E-state index in [2.05, 4.69) is 35.6 Å². The number of piperidine rings is 1. The van der Waals surface area contributed by atoms with Gasteiger partial charge in [-0.15, -0.1) is 0 Å². The Kier molecular flexibility index (Phi) is 3.36. The van der Waals surface area contributed by atoms with Gasteiger partial charge in [0, 0.05) is 30.9 Å². The third-order valence-electron chi connectivity index (χ3n) is 3.48. The third kappa shape index (κ3) is 2.63. The van der Waals surface area contributed by atoms with Crippen molar-refractivity contribution in [3.05, 3.63) is 23.9 Å². The average Bonchev–Trinajstić information content (AvgIpc) is 3.10. The Morgan fingerprint density at radius 1 is 1.40 bits per heavy atom. The minimum atomic E-state index is -0.198. The van der Waals surface area contributed by atoms with Crippen LogP contribution in [0.3, 0.4) is 0 Å². The van der Waals surface area contributed by atoms with Gasteiger partial charge in [0.2, 0.25) is 5.82 Å². The van der Waals surface area contributed by atoms with Crippen molar-refractivity contribution in [3.8, 4) is 0 Å². The van der Waals surface area contributed by atoms with E-state index in [1.165, 1.54) is 6.33 Å². The van der Waals surface area contributed by atoms with Gasteiger partial charge in [-0.3, -0.25) is 15.0 Å². The van der Waals surface area contributed by atoms with Gasteiger partial charge >= 0.3 is 0 Å². The molecule has 1 aliphatic heterocycles. The molecule has 0 unspecified atom stereocenters. The predicted octanol–water partition coefficient (Wildman–Crippen LogP) is 0.235. The number of nitrogens with zero attached hydrogens (tertiary/aromatic N) is 4. The molecule has 8 heteroatoms. The third-order valence-corrected chi connectivity index (χ3v) is 3.48. The van der Waals surface area contributed by atoms with Crippen LogP contribution >= 0.6 is 0 Å². The van der Waals surface area contributed by atoms with E-state index >= 15 is 0 Å². The molecule has 0 spiro atoms. The van der Waals surface area contributed by atoms with E-state index < -0.39 is 0 Å². The van der Waals surface area contributed by atoms with E-state index in [1.807, 2.05) is 13.0 Å². The molecule has 3 heterocycles. The normalized spacial score (nSPS) is 16.4. The molecule has 3 N–H and O–H groups in total. The van der Waals surface area contributed by atoms with Crippen LogP contribution in [0.1, 0.15) is 29.2 Å². The highest BCUT2D eigenvalue weighted by molar-refractivity contribution is 5.90. The first kappa shape index (κ1) is 12.6. The first-order valence-electron chi connectivity index (χ1n) is 6.65. The number of hydrogen-bond acceptors (Lipinski definition) is 5. The molecular weight excluding hydrogens is 258 g/mol. The number of aromatic nitrogens is 5. The smallest absolute Gasteiger partial charge is 0.288 e. The molecule has 1 aliphatic rings. The van der Waals surface area contributed by atoms with Crippen molar-refractivity contribution in [1.29, 1.82) is 0 Å². The maximum Gasteiger partial charge on any atom is 0.288 e.